The van der Waals surface area contributed by atoms with Crippen LogP contribution in [-0.4, -0.2) is 12.1 Å². The van der Waals surface area contributed by atoms with E-state index < -0.39 is 0 Å². The maximum absolute atomic E-state index is 12.7. The van der Waals surface area contributed by atoms with E-state index >= 15 is 0 Å². The van der Waals surface area contributed by atoms with Crippen molar-refractivity contribution in [3.8, 4) is 0 Å². The van der Waals surface area contributed by atoms with Gasteiger partial charge >= 0.3 is 0 Å². The van der Waals surface area contributed by atoms with Crippen LogP contribution in [0.3, 0.4) is 0 Å². The first-order chi connectivity index (χ1) is 9.15. The summed E-state index contributed by atoms with van der Waals surface area (Å²) in [5.74, 6) is -0.747. The highest BCUT2D eigenvalue weighted by Crippen LogP contribution is 2.03. The molecule has 0 aliphatic rings. The van der Waals surface area contributed by atoms with Gasteiger partial charge in [0.25, 0.3) is 5.91 Å². The minimum atomic E-state index is -0.375. The molecule has 4 heteroatoms. The Bertz CT molecular complexity index is 606. The van der Waals surface area contributed by atoms with E-state index in [0.717, 1.165) is 11.1 Å². The summed E-state index contributed by atoms with van der Waals surface area (Å²) in [6.45, 7) is 1.98. The average Bonchev–Trinajstić information content (AvgIpc) is 2.39. The van der Waals surface area contributed by atoms with Gasteiger partial charge in [-0.25, -0.2) is 9.82 Å². The van der Waals surface area contributed by atoms with E-state index in [-0.39, 0.29) is 11.7 Å². The number of carbonyl (C=O) groups is 1. The van der Waals surface area contributed by atoms with Crippen LogP contribution < -0.4 is 5.43 Å². The molecule has 0 spiro atoms. The third-order valence-corrected chi connectivity index (χ3v) is 2.53. The van der Waals surface area contributed by atoms with Gasteiger partial charge in [-0.3, -0.25) is 4.79 Å². The Morgan fingerprint density at radius 1 is 1.21 bits per heavy atom. The number of hydrogen-bond acceptors (Lipinski definition) is 2. The zero-order valence-electron chi connectivity index (χ0n) is 10.4. The smallest absolute Gasteiger partial charge is 0.267 e. The lowest BCUT2D eigenvalue weighted by Gasteiger charge is -1.99. The van der Waals surface area contributed by atoms with Crippen molar-refractivity contribution in [2.24, 2.45) is 5.10 Å². The molecular weight excluding hydrogens is 243 g/mol. The van der Waals surface area contributed by atoms with Crippen LogP contribution in [0.4, 0.5) is 4.39 Å². The number of hydrazone groups is 1. The summed E-state index contributed by atoms with van der Waals surface area (Å²) in [6.07, 6.45) is 1.56. The van der Waals surface area contributed by atoms with Crippen molar-refractivity contribution >= 4 is 12.1 Å². The molecule has 19 heavy (non-hydrogen) atoms. The molecule has 2 aromatic carbocycles. The van der Waals surface area contributed by atoms with Gasteiger partial charge in [-0.15, -0.1) is 0 Å². The molecule has 2 aromatic rings. The molecule has 1 N–H and O–H groups in total. The number of rotatable bonds is 3. The minimum Gasteiger partial charge on any atom is -0.267 e. The Balaban J connectivity index is 1.98. The zero-order valence-corrected chi connectivity index (χ0v) is 10.4. The molecule has 0 aromatic heterocycles. The molecule has 0 bridgehead atoms. The van der Waals surface area contributed by atoms with E-state index in [9.17, 15) is 9.18 Å². The molecule has 3 nitrogen and oxygen atoms in total. The van der Waals surface area contributed by atoms with Crippen LogP contribution in [0.2, 0.25) is 0 Å². The van der Waals surface area contributed by atoms with E-state index in [1.54, 1.807) is 6.21 Å². The first-order valence-corrected chi connectivity index (χ1v) is 5.81. The van der Waals surface area contributed by atoms with Gasteiger partial charge in [0.05, 0.1) is 6.21 Å². The molecule has 0 unspecified atom stereocenters. The molecule has 0 radical (unpaired) electrons. The van der Waals surface area contributed by atoms with Crippen LogP contribution in [0.5, 0.6) is 0 Å². The van der Waals surface area contributed by atoms with Gasteiger partial charge in [-0.1, -0.05) is 29.8 Å². The van der Waals surface area contributed by atoms with Crippen LogP contribution in [-0.2, 0) is 0 Å². The van der Waals surface area contributed by atoms with Crippen molar-refractivity contribution in [3.63, 3.8) is 0 Å². The van der Waals surface area contributed by atoms with Gasteiger partial charge < -0.3 is 0 Å². The van der Waals surface area contributed by atoms with E-state index in [1.807, 2.05) is 31.2 Å². The molecule has 0 atom stereocenters. The van der Waals surface area contributed by atoms with Crippen molar-refractivity contribution in [1.29, 1.82) is 0 Å². The number of carbonyl (C=O) groups excluding carboxylic acids is 1. The van der Waals surface area contributed by atoms with Crippen LogP contribution in [0, 0.1) is 12.7 Å². The van der Waals surface area contributed by atoms with E-state index in [0.29, 0.717) is 5.56 Å². The SMILES string of the molecule is Cc1cccc(/C=N\NC(=O)c2ccc(F)cc2)c1. The molecular formula is C15H13FN2O. The van der Waals surface area contributed by atoms with Crippen LogP contribution in [0.1, 0.15) is 21.5 Å². The number of nitrogens with one attached hydrogen (secondary N) is 1. The lowest BCUT2D eigenvalue weighted by Crippen LogP contribution is -2.17. The standard InChI is InChI=1S/C15H13FN2O/c1-11-3-2-4-12(9-11)10-17-18-15(19)13-5-7-14(16)8-6-13/h2-10H,1H3,(H,18,19)/b17-10-. The lowest BCUT2D eigenvalue weighted by molar-refractivity contribution is 0.0955. The molecule has 0 aliphatic heterocycles. The molecule has 2 rings (SSSR count). The van der Waals surface area contributed by atoms with Crippen molar-refractivity contribution in [1.82, 2.24) is 5.43 Å². The fourth-order valence-corrected chi connectivity index (χ4v) is 1.58. The van der Waals surface area contributed by atoms with E-state index in [4.69, 9.17) is 0 Å². The topological polar surface area (TPSA) is 41.5 Å². The lowest BCUT2D eigenvalue weighted by atomic mass is 10.2. The third-order valence-electron chi connectivity index (χ3n) is 2.53. The highest BCUT2D eigenvalue weighted by atomic mass is 19.1. The Morgan fingerprint density at radius 2 is 1.95 bits per heavy atom. The highest BCUT2D eigenvalue weighted by Gasteiger charge is 2.03. The molecule has 0 aliphatic carbocycles. The van der Waals surface area contributed by atoms with Crippen molar-refractivity contribution in [2.45, 2.75) is 6.92 Å². The van der Waals surface area contributed by atoms with Gasteiger partial charge in [0.2, 0.25) is 0 Å². The van der Waals surface area contributed by atoms with E-state index in [2.05, 4.69) is 10.5 Å². The largest absolute Gasteiger partial charge is 0.271 e. The van der Waals surface area contributed by atoms with Crippen molar-refractivity contribution in [3.05, 3.63) is 71.0 Å². The van der Waals surface area contributed by atoms with Crippen LogP contribution >= 0.6 is 0 Å². The van der Waals surface area contributed by atoms with Gasteiger partial charge in [0.1, 0.15) is 5.82 Å². The first-order valence-electron chi connectivity index (χ1n) is 5.81. The second-order valence-corrected chi connectivity index (χ2v) is 4.12. The summed E-state index contributed by atoms with van der Waals surface area (Å²) >= 11 is 0. The third kappa shape index (κ3) is 3.74. The monoisotopic (exact) mass is 256 g/mol. The molecule has 96 valence electrons. The predicted octanol–water partition coefficient (Wildman–Crippen LogP) is 2.90. The van der Waals surface area contributed by atoms with E-state index in [1.165, 1.54) is 24.3 Å². The quantitative estimate of drug-likeness (QED) is 0.665. The predicted molar refractivity (Wildman–Crippen MR) is 72.6 cm³/mol. The van der Waals surface area contributed by atoms with Crippen molar-refractivity contribution < 1.29 is 9.18 Å². The number of amides is 1. The molecule has 0 saturated carbocycles. The van der Waals surface area contributed by atoms with Crippen LogP contribution in [0.15, 0.2) is 53.6 Å². The Labute approximate surface area is 110 Å². The summed E-state index contributed by atoms with van der Waals surface area (Å²) < 4.78 is 12.7. The summed E-state index contributed by atoms with van der Waals surface area (Å²) in [6, 6.07) is 13.0. The Kier molecular flexibility index (Phi) is 4.03. The highest BCUT2D eigenvalue weighted by molar-refractivity contribution is 5.94. The minimum absolute atomic E-state index is 0.364. The number of benzene rings is 2. The van der Waals surface area contributed by atoms with Gasteiger partial charge in [0.15, 0.2) is 0 Å². The molecule has 0 saturated heterocycles. The van der Waals surface area contributed by atoms with Gasteiger partial charge in [-0.05, 0) is 36.8 Å². The zero-order chi connectivity index (χ0) is 13.7. The number of aryl methyl sites for hydroxylation is 1. The fourth-order valence-electron chi connectivity index (χ4n) is 1.58. The fraction of sp³-hybridized carbons (Fsp3) is 0.0667. The second kappa shape index (κ2) is 5.91. The normalized spacial score (nSPS) is 10.6. The molecule has 1 amide bonds. The maximum atomic E-state index is 12.7. The van der Waals surface area contributed by atoms with Gasteiger partial charge in [0, 0.05) is 5.56 Å². The summed E-state index contributed by atoms with van der Waals surface area (Å²) in [7, 11) is 0. The van der Waals surface area contributed by atoms with Gasteiger partial charge in [-0.2, -0.15) is 5.10 Å². The second-order valence-electron chi connectivity index (χ2n) is 4.12. The molecule has 0 heterocycles. The number of hydrogen-bond donors (Lipinski definition) is 1. The van der Waals surface area contributed by atoms with Crippen molar-refractivity contribution in [2.75, 3.05) is 0 Å². The Morgan fingerprint density at radius 3 is 2.63 bits per heavy atom. The van der Waals surface area contributed by atoms with Crippen LogP contribution in [0.25, 0.3) is 0 Å². The molecule has 0 fully saturated rings. The first kappa shape index (κ1) is 13.0. The average molecular weight is 256 g/mol. The number of nitrogens with zero attached hydrogens (tertiary/aromatic N) is 1. The maximum Gasteiger partial charge on any atom is 0.271 e. The number of halogens is 1. The summed E-state index contributed by atoms with van der Waals surface area (Å²) in [5.41, 5.74) is 4.78. The Hall–Kier alpha value is -2.49. The summed E-state index contributed by atoms with van der Waals surface area (Å²) in [4.78, 5) is 11.7. The summed E-state index contributed by atoms with van der Waals surface area (Å²) in [5, 5.41) is 3.86.